The van der Waals surface area contributed by atoms with Crippen LogP contribution in [0.15, 0.2) is 18.3 Å². The van der Waals surface area contributed by atoms with Gasteiger partial charge < -0.3 is 9.84 Å². The van der Waals surface area contributed by atoms with Crippen molar-refractivity contribution < 1.29 is 14.6 Å². The van der Waals surface area contributed by atoms with Gasteiger partial charge in [0.25, 0.3) is 0 Å². The molecule has 1 N–H and O–H groups in total. The van der Waals surface area contributed by atoms with E-state index in [0.29, 0.717) is 18.7 Å². The highest BCUT2D eigenvalue weighted by Gasteiger charge is 2.53. The molecule has 1 aliphatic carbocycles. The van der Waals surface area contributed by atoms with Crippen molar-refractivity contribution in [2.75, 3.05) is 0 Å². The van der Waals surface area contributed by atoms with Crippen LogP contribution >= 0.6 is 0 Å². The van der Waals surface area contributed by atoms with E-state index < -0.39 is 11.6 Å². The van der Waals surface area contributed by atoms with Gasteiger partial charge in [0.1, 0.15) is 0 Å². The topological polar surface area (TPSA) is 59.4 Å². The number of pyridine rings is 1. The van der Waals surface area contributed by atoms with Crippen molar-refractivity contribution in [2.45, 2.75) is 25.4 Å². The molecule has 0 bridgehead atoms. The predicted octanol–water partition coefficient (Wildman–Crippen LogP) is 1.39. The second kappa shape index (κ2) is 2.97. The number of hydrogen-bond donors (Lipinski definition) is 1. The third-order valence-electron chi connectivity index (χ3n) is 2.28. The quantitative estimate of drug-likeness (QED) is 0.787. The normalized spacial score (nSPS) is 17.5. The Morgan fingerprint density at radius 2 is 2.29 bits per heavy atom. The van der Waals surface area contributed by atoms with Gasteiger partial charge in [-0.3, -0.25) is 0 Å². The van der Waals surface area contributed by atoms with Crippen LogP contribution in [0, 0.1) is 6.92 Å². The lowest BCUT2D eigenvalue weighted by atomic mass is 10.3. The second-order valence-corrected chi connectivity index (χ2v) is 3.58. The van der Waals surface area contributed by atoms with Gasteiger partial charge in [-0.05, 0) is 12.5 Å². The Hall–Kier alpha value is -1.58. The fourth-order valence-electron chi connectivity index (χ4n) is 1.19. The monoisotopic (exact) mass is 193 g/mol. The van der Waals surface area contributed by atoms with Crippen molar-refractivity contribution in [3.8, 4) is 5.88 Å². The first kappa shape index (κ1) is 8.99. The lowest BCUT2D eigenvalue weighted by Crippen LogP contribution is -2.29. The van der Waals surface area contributed by atoms with Gasteiger partial charge in [0.05, 0.1) is 0 Å². The zero-order valence-electron chi connectivity index (χ0n) is 7.86. The molecule has 0 saturated heterocycles. The Balaban J connectivity index is 2.11. The molecule has 4 nitrogen and oxygen atoms in total. The average molecular weight is 193 g/mol. The van der Waals surface area contributed by atoms with Crippen LogP contribution in [0.3, 0.4) is 0 Å². The summed E-state index contributed by atoms with van der Waals surface area (Å²) < 4.78 is 5.32. The molecule has 0 unspecified atom stereocenters. The van der Waals surface area contributed by atoms with Crippen LogP contribution in [0.1, 0.15) is 18.4 Å². The van der Waals surface area contributed by atoms with Crippen LogP contribution in [-0.4, -0.2) is 21.7 Å². The van der Waals surface area contributed by atoms with Crippen LogP contribution < -0.4 is 4.74 Å². The lowest BCUT2D eigenvalue weighted by Gasteiger charge is -2.11. The van der Waals surface area contributed by atoms with E-state index >= 15 is 0 Å². The van der Waals surface area contributed by atoms with E-state index in [4.69, 9.17) is 9.84 Å². The molecule has 0 aliphatic heterocycles. The Morgan fingerprint density at radius 3 is 2.71 bits per heavy atom. The molecule has 14 heavy (non-hydrogen) atoms. The number of nitrogens with zero attached hydrogens (tertiary/aromatic N) is 1. The fourth-order valence-corrected chi connectivity index (χ4v) is 1.19. The number of carboxylic acid groups (broad SMARTS) is 1. The maximum absolute atomic E-state index is 10.8. The summed E-state index contributed by atoms with van der Waals surface area (Å²) >= 11 is 0. The van der Waals surface area contributed by atoms with Crippen molar-refractivity contribution in [2.24, 2.45) is 0 Å². The highest BCUT2D eigenvalue weighted by Crippen LogP contribution is 2.39. The maximum Gasteiger partial charge on any atom is 0.348 e. The SMILES string of the molecule is Cc1ccc(OC2(C(=O)O)CC2)nc1. The molecule has 0 aromatic carbocycles. The largest absolute Gasteiger partial charge is 0.478 e. The molecule has 4 heteroatoms. The first-order valence-corrected chi connectivity index (χ1v) is 4.47. The van der Waals surface area contributed by atoms with E-state index in [0.717, 1.165) is 5.56 Å². The van der Waals surface area contributed by atoms with Crippen molar-refractivity contribution >= 4 is 5.97 Å². The van der Waals surface area contributed by atoms with Crippen LogP contribution in [0.2, 0.25) is 0 Å². The lowest BCUT2D eigenvalue weighted by molar-refractivity contribution is -0.147. The minimum absolute atomic E-state index is 0.385. The summed E-state index contributed by atoms with van der Waals surface area (Å²) in [5.74, 6) is -0.518. The summed E-state index contributed by atoms with van der Waals surface area (Å²) in [5, 5.41) is 8.87. The zero-order valence-corrected chi connectivity index (χ0v) is 7.86. The van der Waals surface area contributed by atoms with Gasteiger partial charge in [0.2, 0.25) is 11.5 Å². The number of aryl methyl sites for hydroxylation is 1. The molecule has 1 aliphatic rings. The zero-order chi connectivity index (χ0) is 10.2. The number of aromatic nitrogens is 1. The van der Waals surface area contributed by atoms with Crippen molar-refractivity contribution in [1.29, 1.82) is 0 Å². The van der Waals surface area contributed by atoms with Gasteiger partial charge in [-0.2, -0.15) is 0 Å². The van der Waals surface area contributed by atoms with Crippen LogP contribution in [-0.2, 0) is 4.79 Å². The van der Waals surface area contributed by atoms with E-state index in [9.17, 15) is 4.79 Å². The molecule has 1 heterocycles. The molecule has 1 fully saturated rings. The number of aliphatic carboxylic acids is 1. The molecule has 2 rings (SSSR count). The molecule has 0 atom stereocenters. The van der Waals surface area contributed by atoms with Crippen LogP contribution in [0.25, 0.3) is 0 Å². The van der Waals surface area contributed by atoms with Crippen molar-refractivity contribution in [3.05, 3.63) is 23.9 Å². The van der Waals surface area contributed by atoms with Gasteiger partial charge in [-0.15, -0.1) is 0 Å². The van der Waals surface area contributed by atoms with E-state index in [1.807, 2.05) is 13.0 Å². The van der Waals surface area contributed by atoms with Crippen molar-refractivity contribution in [1.82, 2.24) is 4.98 Å². The first-order valence-electron chi connectivity index (χ1n) is 4.47. The maximum atomic E-state index is 10.8. The van der Waals surface area contributed by atoms with E-state index in [1.165, 1.54) is 0 Å². The Bertz CT molecular complexity index is 354. The van der Waals surface area contributed by atoms with E-state index in [1.54, 1.807) is 12.3 Å². The predicted molar refractivity (Wildman–Crippen MR) is 49.2 cm³/mol. The summed E-state index contributed by atoms with van der Waals surface area (Å²) in [7, 11) is 0. The van der Waals surface area contributed by atoms with Crippen LogP contribution in [0.4, 0.5) is 0 Å². The van der Waals surface area contributed by atoms with E-state index in [2.05, 4.69) is 4.98 Å². The standard InChI is InChI=1S/C10H11NO3/c1-7-2-3-8(11-6-7)14-10(4-5-10)9(12)13/h2-3,6H,4-5H2,1H3,(H,12,13). The molecule has 0 amide bonds. The molecular formula is C10H11NO3. The Labute approximate surface area is 81.5 Å². The van der Waals surface area contributed by atoms with Gasteiger partial charge in [-0.25, -0.2) is 9.78 Å². The first-order chi connectivity index (χ1) is 6.62. The second-order valence-electron chi connectivity index (χ2n) is 3.58. The number of carboxylic acids is 1. The van der Waals surface area contributed by atoms with Crippen LogP contribution in [0.5, 0.6) is 5.88 Å². The smallest absolute Gasteiger partial charge is 0.348 e. The summed E-state index contributed by atoms with van der Waals surface area (Å²) in [5.41, 5.74) is 0.0277. The van der Waals surface area contributed by atoms with Gasteiger partial charge >= 0.3 is 5.97 Å². The Morgan fingerprint density at radius 1 is 1.57 bits per heavy atom. The molecule has 0 radical (unpaired) electrons. The minimum atomic E-state index is -0.998. The number of ether oxygens (including phenoxy) is 1. The third kappa shape index (κ3) is 1.55. The number of carbonyl (C=O) groups is 1. The molecule has 1 aromatic heterocycles. The van der Waals surface area contributed by atoms with E-state index in [-0.39, 0.29) is 0 Å². The molecule has 1 saturated carbocycles. The Kier molecular flexibility index (Phi) is 1.91. The summed E-state index contributed by atoms with van der Waals surface area (Å²) in [6.07, 6.45) is 2.79. The third-order valence-corrected chi connectivity index (χ3v) is 2.28. The number of rotatable bonds is 3. The highest BCUT2D eigenvalue weighted by atomic mass is 16.5. The molecular weight excluding hydrogens is 182 g/mol. The van der Waals surface area contributed by atoms with Gasteiger partial charge in [-0.1, -0.05) is 6.07 Å². The summed E-state index contributed by atoms with van der Waals surface area (Å²) in [6, 6.07) is 3.54. The highest BCUT2D eigenvalue weighted by molar-refractivity contribution is 5.81. The van der Waals surface area contributed by atoms with Gasteiger partial charge in [0, 0.05) is 25.1 Å². The van der Waals surface area contributed by atoms with Gasteiger partial charge in [0.15, 0.2) is 0 Å². The summed E-state index contributed by atoms with van der Waals surface area (Å²) in [4.78, 5) is 14.8. The fraction of sp³-hybridized carbons (Fsp3) is 0.400. The molecule has 74 valence electrons. The average Bonchev–Trinajstić information content (AvgIpc) is 2.90. The number of hydrogen-bond acceptors (Lipinski definition) is 3. The molecule has 0 spiro atoms. The van der Waals surface area contributed by atoms with Crippen molar-refractivity contribution in [3.63, 3.8) is 0 Å². The summed E-state index contributed by atoms with van der Waals surface area (Å²) in [6.45, 7) is 1.92. The minimum Gasteiger partial charge on any atom is -0.478 e. The molecule has 1 aromatic rings.